The van der Waals surface area contributed by atoms with Gasteiger partial charge in [0.05, 0.1) is 10.6 Å². The van der Waals surface area contributed by atoms with Gasteiger partial charge < -0.3 is 19.9 Å². The van der Waals surface area contributed by atoms with Crippen LogP contribution in [-0.2, 0) is 11.0 Å². The van der Waals surface area contributed by atoms with Crippen LogP contribution in [0.25, 0.3) is 10.8 Å². The van der Waals surface area contributed by atoms with Gasteiger partial charge in [-0.05, 0) is 73.3 Å². The first kappa shape index (κ1) is 26.3. The second-order valence-corrected chi connectivity index (χ2v) is 7.38. The molecular formula is C24H25ClF3NO4. The van der Waals surface area contributed by atoms with E-state index in [9.17, 15) is 18.0 Å². The first-order valence-corrected chi connectivity index (χ1v) is 10.6. The number of aliphatic carboxylic acids is 1. The third kappa shape index (κ3) is 7.83. The second kappa shape index (κ2) is 11.8. The normalized spacial score (nSPS) is 12.0. The van der Waals surface area contributed by atoms with Gasteiger partial charge in [0, 0.05) is 0 Å². The second-order valence-electron chi connectivity index (χ2n) is 6.97. The smallest absolute Gasteiger partial charge is 0.416 e. The topological polar surface area (TPSA) is 67.8 Å². The average Bonchev–Trinajstić information content (AvgIpc) is 2.75. The van der Waals surface area contributed by atoms with E-state index in [0.29, 0.717) is 16.9 Å². The number of halogens is 4. The van der Waals surface area contributed by atoms with Gasteiger partial charge in [-0.1, -0.05) is 37.6 Å². The zero-order valence-corrected chi connectivity index (χ0v) is 19.1. The van der Waals surface area contributed by atoms with Gasteiger partial charge in [-0.3, -0.25) is 0 Å². The van der Waals surface area contributed by atoms with Crippen LogP contribution in [0.4, 0.5) is 13.2 Å². The van der Waals surface area contributed by atoms with E-state index in [-0.39, 0.29) is 10.8 Å². The van der Waals surface area contributed by atoms with Gasteiger partial charge in [0.1, 0.15) is 17.2 Å². The SMILES string of the molecule is CC(Oc1ccc2ccc(Oc3ccc(C(F)(F)F)cc3Cl)cc2c1)C(=O)O.CCNCC. The molecule has 0 radical (unpaired) electrons. The Labute approximate surface area is 195 Å². The van der Waals surface area contributed by atoms with Crippen molar-refractivity contribution in [2.24, 2.45) is 0 Å². The zero-order chi connectivity index (χ0) is 24.6. The molecule has 5 nitrogen and oxygen atoms in total. The van der Waals surface area contributed by atoms with E-state index in [1.807, 2.05) is 0 Å². The highest BCUT2D eigenvalue weighted by atomic mass is 35.5. The maximum Gasteiger partial charge on any atom is 0.416 e. The number of ether oxygens (including phenoxy) is 2. The minimum Gasteiger partial charge on any atom is -0.479 e. The Bertz CT molecular complexity index is 1090. The van der Waals surface area contributed by atoms with Crippen molar-refractivity contribution < 1.29 is 32.5 Å². The van der Waals surface area contributed by atoms with E-state index in [2.05, 4.69) is 19.2 Å². The molecule has 33 heavy (non-hydrogen) atoms. The molecule has 0 heterocycles. The van der Waals surface area contributed by atoms with E-state index >= 15 is 0 Å². The van der Waals surface area contributed by atoms with E-state index < -0.39 is 23.8 Å². The highest BCUT2D eigenvalue weighted by molar-refractivity contribution is 6.32. The molecule has 1 unspecified atom stereocenters. The van der Waals surface area contributed by atoms with Gasteiger partial charge >= 0.3 is 12.1 Å². The molecule has 0 aliphatic carbocycles. The molecule has 0 saturated carbocycles. The number of hydrogen-bond acceptors (Lipinski definition) is 4. The van der Waals surface area contributed by atoms with E-state index in [4.69, 9.17) is 26.2 Å². The van der Waals surface area contributed by atoms with Gasteiger partial charge in [-0.15, -0.1) is 0 Å². The van der Waals surface area contributed by atoms with E-state index in [0.717, 1.165) is 36.7 Å². The lowest BCUT2D eigenvalue weighted by atomic mass is 10.1. The van der Waals surface area contributed by atoms with Crippen molar-refractivity contribution in [3.05, 3.63) is 65.2 Å². The number of alkyl halides is 3. The van der Waals surface area contributed by atoms with Crippen LogP contribution in [0.5, 0.6) is 17.2 Å². The molecule has 3 aromatic rings. The van der Waals surface area contributed by atoms with Crippen molar-refractivity contribution in [3.8, 4) is 17.2 Å². The van der Waals surface area contributed by atoms with Crippen LogP contribution in [0.3, 0.4) is 0 Å². The monoisotopic (exact) mass is 483 g/mol. The summed E-state index contributed by atoms with van der Waals surface area (Å²) in [6.45, 7) is 7.80. The molecule has 0 aliphatic rings. The van der Waals surface area contributed by atoms with Gasteiger partial charge in [0.2, 0.25) is 0 Å². The van der Waals surface area contributed by atoms with Gasteiger partial charge in [0.25, 0.3) is 0 Å². The molecule has 9 heteroatoms. The quantitative estimate of drug-likeness (QED) is 0.388. The Balaban J connectivity index is 0.000000696. The van der Waals surface area contributed by atoms with Crippen LogP contribution in [0.15, 0.2) is 54.6 Å². The number of nitrogens with one attached hydrogen (secondary N) is 1. The first-order chi connectivity index (χ1) is 15.5. The standard InChI is InChI=1S/C20H14ClF3O4.C4H11N/c1-11(19(25)26)27-15-5-2-12-3-6-16(9-13(12)8-15)28-18-7-4-14(10-17(18)21)20(22,23)24;1-3-5-4-2/h2-11H,1H3,(H,25,26);5H,3-4H2,1-2H3. The van der Waals surface area contributed by atoms with E-state index in [1.165, 1.54) is 6.92 Å². The number of carboxylic acid groups (broad SMARTS) is 1. The van der Waals surface area contributed by atoms with Gasteiger partial charge in [0.15, 0.2) is 6.10 Å². The predicted octanol–water partition coefficient (Wildman–Crippen LogP) is 6.77. The molecule has 178 valence electrons. The summed E-state index contributed by atoms with van der Waals surface area (Å²) in [6.07, 6.45) is -5.50. The summed E-state index contributed by atoms with van der Waals surface area (Å²) in [5, 5.41) is 13.4. The molecule has 0 spiro atoms. The van der Waals surface area contributed by atoms with Crippen molar-refractivity contribution in [3.63, 3.8) is 0 Å². The van der Waals surface area contributed by atoms with Gasteiger partial charge in [-0.25, -0.2) is 4.79 Å². The lowest BCUT2D eigenvalue weighted by Crippen LogP contribution is -2.22. The summed E-state index contributed by atoms with van der Waals surface area (Å²) in [6, 6.07) is 13.0. The van der Waals surface area contributed by atoms with Crippen molar-refractivity contribution >= 4 is 28.3 Å². The average molecular weight is 484 g/mol. The third-order valence-corrected chi connectivity index (χ3v) is 4.73. The van der Waals surface area contributed by atoms with Crippen LogP contribution in [0.1, 0.15) is 26.3 Å². The number of rotatable bonds is 7. The fraction of sp³-hybridized carbons (Fsp3) is 0.292. The molecule has 0 aliphatic heterocycles. The number of hydrogen-bond donors (Lipinski definition) is 2. The largest absolute Gasteiger partial charge is 0.479 e. The summed E-state index contributed by atoms with van der Waals surface area (Å²) >= 11 is 5.92. The minimum atomic E-state index is -4.49. The Morgan fingerprint density at radius 2 is 1.61 bits per heavy atom. The summed E-state index contributed by atoms with van der Waals surface area (Å²) in [5.41, 5.74) is -0.863. The van der Waals surface area contributed by atoms with Crippen molar-refractivity contribution in [1.29, 1.82) is 0 Å². The number of benzene rings is 3. The van der Waals surface area contributed by atoms with Crippen LogP contribution in [0.2, 0.25) is 5.02 Å². The van der Waals surface area contributed by atoms with Crippen LogP contribution < -0.4 is 14.8 Å². The fourth-order valence-corrected chi connectivity index (χ4v) is 2.95. The Morgan fingerprint density at radius 1 is 1.00 bits per heavy atom. The summed E-state index contributed by atoms with van der Waals surface area (Å²) in [4.78, 5) is 10.9. The minimum absolute atomic E-state index is 0.0842. The molecule has 2 N–H and O–H groups in total. The number of fused-ring (bicyclic) bond motifs is 1. The van der Waals surface area contributed by atoms with Crippen molar-refractivity contribution in [1.82, 2.24) is 5.32 Å². The maximum absolute atomic E-state index is 12.7. The van der Waals surface area contributed by atoms with Crippen LogP contribution in [0, 0.1) is 0 Å². The van der Waals surface area contributed by atoms with Crippen LogP contribution >= 0.6 is 11.6 Å². The van der Waals surface area contributed by atoms with Crippen molar-refractivity contribution in [2.75, 3.05) is 13.1 Å². The predicted molar refractivity (Wildman–Crippen MR) is 122 cm³/mol. The molecule has 3 rings (SSSR count). The lowest BCUT2D eigenvalue weighted by Gasteiger charge is -2.13. The third-order valence-electron chi connectivity index (χ3n) is 4.43. The van der Waals surface area contributed by atoms with E-state index in [1.54, 1.807) is 36.4 Å². The maximum atomic E-state index is 12.7. The number of carboxylic acids is 1. The molecular weight excluding hydrogens is 459 g/mol. The molecule has 0 saturated heterocycles. The van der Waals surface area contributed by atoms with Gasteiger partial charge in [-0.2, -0.15) is 13.2 Å². The Hall–Kier alpha value is -2.97. The highest BCUT2D eigenvalue weighted by Crippen LogP contribution is 2.37. The molecule has 0 fully saturated rings. The van der Waals surface area contributed by atoms with Crippen molar-refractivity contribution in [2.45, 2.75) is 33.1 Å². The lowest BCUT2D eigenvalue weighted by molar-refractivity contribution is -0.144. The van der Waals surface area contributed by atoms with Crippen LogP contribution in [-0.4, -0.2) is 30.3 Å². The Kier molecular flexibility index (Phi) is 9.37. The molecule has 0 bridgehead atoms. The summed E-state index contributed by atoms with van der Waals surface area (Å²) in [7, 11) is 0. The molecule has 0 amide bonds. The fourth-order valence-electron chi connectivity index (χ4n) is 2.73. The summed E-state index contributed by atoms with van der Waals surface area (Å²) < 4.78 is 49.1. The molecule has 1 atom stereocenters. The number of carbonyl (C=O) groups is 1. The highest BCUT2D eigenvalue weighted by Gasteiger charge is 2.31. The zero-order valence-electron chi connectivity index (χ0n) is 18.4. The molecule has 0 aromatic heterocycles. The first-order valence-electron chi connectivity index (χ1n) is 10.2. The molecule has 3 aromatic carbocycles. The Morgan fingerprint density at radius 3 is 2.12 bits per heavy atom. The summed E-state index contributed by atoms with van der Waals surface area (Å²) in [5.74, 6) is -0.278.